The molecule has 0 saturated carbocycles. The largest absolute Gasteiger partial charge is 0.324 e. The molecule has 1 aromatic carbocycles. The summed E-state index contributed by atoms with van der Waals surface area (Å²) in [6.45, 7) is 4.00. The number of amides is 1. The highest BCUT2D eigenvalue weighted by atomic mass is 127. The summed E-state index contributed by atoms with van der Waals surface area (Å²) in [5, 5.41) is 12.3. The number of nitriles is 1. The SMILES string of the molecule is CCCC(C#N)(CCC)C(=O)Nc1ccccc1I. The van der Waals surface area contributed by atoms with Gasteiger partial charge < -0.3 is 5.32 Å². The van der Waals surface area contributed by atoms with E-state index in [-0.39, 0.29) is 5.91 Å². The number of rotatable bonds is 6. The summed E-state index contributed by atoms with van der Waals surface area (Å²) < 4.78 is 0.980. The van der Waals surface area contributed by atoms with Gasteiger partial charge in [-0.1, -0.05) is 38.8 Å². The molecule has 19 heavy (non-hydrogen) atoms. The maximum atomic E-state index is 12.5. The van der Waals surface area contributed by atoms with Crippen molar-refractivity contribution in [3.8, 4) is 6.07 Å². The molecule has 1 amide bonds. The molecule has 102 valence electrons. The van der Waals surface area contributed by atoms with Crippen molar-refractivity contribution >= 4 is 34.2 Å². The van der Waals surface area contributed by atoms with Crippen LogP contribution in [-0.4, -0.2) is 5.91 Å². The molecule has 0 spiro atoms. The molecule has 0 aliphatic carbocycles. The number of nitrogens with one attached hydrogen (secondary N) is 1. The van der Waals surface area contributed by atoms with Crippen molar-refractivity contribution in [1.82, 2.24) is 0 Å². The molecule has 1 rings (SSSR count). The van der Waals surface area contributed by atoms with Gasteiger partial charge in [0.25, 0.3) is 0 Å². The van der Waals surface area contributed by atoms with Gasteiger partial charge in [0, 0.05) is 3.57 Å². The van der Waals surface area contributed by atoms with Crippen LogP contribution in [-0.2, 0) is 4.79 Å². The molecule has 0 aliphatic heterocycles. The van der Waals surface area contributed by atoms with Crippen molar-refractivity contribution in [3.05, 3.63) is 27.8 Å². The van der Waals surface area contributed by atoms with Crippen LogP contribution in [0.2, 0.25) is 0 Å². The first-order valence-electron chi connectivity index (χ1n) is 6.57. The molecule has 0 bridgehead atoms. The Kier molecular flexibility index (Phi) is 6.29. The van der Waals surface area contributed by atoms with Gasteiger partial charge in [-0.15, -0.1) is 0 Å². The Bertz CT molecular complexity index is 473. The standard InChI is InChI=1S/C15H19IN2O/c1-3-9-15(11-17,10-4-2)14(19)18-13-8-6-5-7-12(13)16/h5-8H,3-4,9-10H2,1-2H3,(H,18,19). The summed E-state index contributed by atoms with van der Waals surface area (Å²) in [6.07, 6.45) is 2.86. The Balaban J connectivity index is 2.95. The molecule has 1 aromatic rings. The van der Waals surface area contributed by atoms with Crippen LogP contribution in [0, 0.1) is 20.3 Å². The summed E-state index contributed by atoms with van der Waals surface area (Å²) >= 11 is 2.18. The molecule has 0 fully saturated rings. The molecule has 0 radical (unpaired) electrons. The normalized spacial score (nSPS) is 10.8. The van der Waals surface area contributed by atoms with E-state index in [0.717, 1.165) is 22.1 Å². The van der Waals surface area contributed by atoms with Gasteiger partial charge in [0.2, 0.25) is 5.91 Å². The molecule has 0 saturated heterocycles. The fraction of sp³-hybridized carbons (Fsp3) is 0.467. The van der Waals surface area contributed by atoms with E-state index in [2.05, 4.69) is 34.0 Å². The van der Waals surface area contributed by atoms with Crippen LogP contribution in [0.1, 0.15) is 39.5 Å². The number of carbonyl (C=O) groups is 1. The molecule has 1 N–H and O–H groups in total. The van der Waals surface area contributed by atoms with E-state index in [9.17, 15) is 10.1 Å². The zero-order valence-corrected chi connectivity index (χ0v) is 13.5. The van der Waals surface area contributed by atoms with Gasteiger partial charge in [-0.25, -0.2) is 0 Å². The smallest absolute Gasteiger partial charge is 0.244 e. The molecular formula is C15H19IN2O. The average molecular weight is 370 g/mol. The molecule has 0 aromatic heterocycles. The van der Waals surface area contributed by atoms with E-state index >= 15 is 0 Å². The predicted molar refractivity (Wildman–Crippen MR) is 85.7 cm³/mol. The predicted octanol–water partition coefficient (Wildman–Crippen LogP) is 4.34. The third-order valence-electron chi connectivity index (χ3n) is 3.12. The molecule has 3 nitrogen and oxygen atoms in total. The van der Waals surface area contributed by atoms with E-state index in [4.69, 9.17) is 0 Å². The van der Waals surface area contributed by atoms with Gasteiger partial charge in [-0.05, 0) is 47.6 Å². The molecule has 0 unspecified atom stereocenters. The number of benzene rings is 1. The van der Waals surface area contributed by atoms with Gasteiger partial charge in [0.1, 0.15) is 5.41 Å². The molecule has 0 aliphatic rings. The van der Waals surface area contributed by atoms with Gasteiger partial charge >= 0.3 is 0 Å². The van der Waals surface area contributed by atoms with Crippen molar-refractivity contribution in [1.29, 1.82) is 5.26 Å². The lowest BCUT2D eigenvalue weighted by molar-refractivity contribution is -0.123. The highest BCUT2D eigenvalue weighted by Gasteiger charge is 2.37. The number of carbonyl (C=O) groups excluding carboxylic acids is 1. The van der Waals surface area contributed by atoms with Crippen LogP contribution in [0.25, 0.3) is 0 Å². The minimum atomic E-state index is -0.900. The maximum Gasteiger partial charge on any atom is 0.244 e. The topological polar surface area (TPSA) is 52.9 Å². The summed E-state index contributed by atoms with van der Waals surface area (Å²) in [5.74, 6) is -0.178. The molecule has 4 heteroatoms. The fourth-order valence-corrected chi connectivity index (χ4v) is 2.69. The average Bonchev–Trinajstić information content (AvgIpc) is 2.41. The Morgan fingerprint density at radius 2 is 1.89 bits per heavy atom. The first-order valence-corrected chi connectivity index (χ1v) is 7.64. The summed E-state index contributed by atoms with van der Waals surface area (Å²) in [6, 6.07) is 9.84. The van der Waals surface area contributed by atoms with Crippen LogP contribution in [0.4, 0.5) is 5.69 Å². The minimum absolute atomic E-state index is 0.178. The van der Waals surface area contributed by atoms with Crippen molar-refractivity contribution in [2.24, 2.45) is 5.41 Å². The Hall–Kier alpha value is -1.09. The maximum absolute atomic E-state index is 12.5. The second kappa shape index (κ2) is 7.49. The van der Waals surface area contributed by atoms with Gasteiger partial charge in [-0.2, -0.15) is 5.26 Å². The number of nitrogens with zero attached hydrogens (tertiary/aromatic N) is 1. The van der Waals surface area contributed by atoms with Crippen molar-refractivity contribution in [2.45, 2.75) is 39.5 Å². The number of anilines is 1. The Morgan fingerprint density at radius 3 is 2.37 bits per heavy atom. The Morgan fingerprint density at radius 1 is 1.32 bits per heavy atom. The summed E-state index contributed by atoms with van der Waals surface area (Å²) in [4.78, 5) is 12.5. The van der Waals surface area contributed by atoms with E-state index in [1.165, 1.54) is 0 Å². The third-order valence-corrected chi connectivity index (χ3v) is 4.06. The lowest BCUT2D eigenvalue weighted by Gasteiger charge is -2.24. The molecule has 0 heterocycles. The van der Waals surface area contributed by atoms with E-state index in [0.29, 0.717) is 12.8 Å². The third kappa shape index (κ3) is 3.93. The van der Waals surface area contributed by atoms with Crippen LogP contribution in [0.3, 0.4) is 0 Å². The van der Waals surface area contributed by atoms with E-state index in [1.54, 1.807) is 0 Å². The first kappa shape index (κ1) is 16.0. The van der Waals surface area contributed by atoms with Crippen LogP contribution < -0.4 is 5.32 Å². The molecule has 0 atom stereocenters. The lowest BCUT2D eigenvalue weighted by atomic mass is 9.79. The van der Waals surface area contributed by atoms with Crippen LogP contribution in [0.5, 0.6) is 0 Å². The van der Waals surface area contributed by atoms with Gasteiger partial charge in [0.15, 0.2) is 0 Å². The zero-order chi connectivity index (χ0) is 14.3. The quantitative estimate of drug-likeness (QED) is 0.758. The lowest BCUT2D eigenvalue weighted by Crippen LogP contribution is -2.35. The highest BCUT2D eigenvalue weighted by molar-refractivity contribution is 14.1. The van der Waals surface area contributed by atoms with E-state index < -0.39 is 5.41 Å². The number of hydrogen-bond donors (Lipinski definition) is 1. The van der Waals surface area contributed by atoms with Crippen LogP contribution in [0.15, 0.2) is 24.3 Å². The highest BCUT2D eigenvalue weighted by Crippen LogP contribution is 2.31. The van der Waals surface area contributed by atoms with Crippen molar-refractivity contribution < 1.29 is 4.79 Å². The number of hydrogen-bond acceptors (Lipinski definition) is 2. The van der Waals surface area contributed by atoms with Crippen molar-refractivity contribution in [2.75, 3.05) is 5.32 Å². The minimum Gasteiger partial charge on any atom is -0.324 e. The van der Waals surface area contributed by atoms with Crippen LogP contribution >= 0.6 is 22.6 Å². The Labute approximate surface area is 128 Å². The summed E-state index contributed by atoms with van der Waals surface area (Å²) in [5.41, 5.74) is -0.123. The first-order chi connectivity index (χ1) is 9.09. The van der Waals surface area contributed by atoms with Crippen molar-refractivity contribution in [3.63, 3.8) is 0 Å². The van der Waals surface area contributed by atoms with Gasteiger partial charge in [0.05, 0.1) is 11.8 Å². The van der Waals surface area contributed by atoms with E-state index in [1.807, 2.05) is 38.1 Å². The zero-order valence-electron chi connectivity index (χ0n) is 11.4. The molecular weight excluding hydrogens is 351 g/mol. The number of halogens is 1. The van der Waals surface area contributed by atoms with Gasteiger partial charge in [-0.3, -0.25) is 4.79 Å². The monoisotopic (exact) mass is 370 g/mol. The summed E-state index contributed by atoms with van der Waals surface area (Å²) in [7, 11) is 0. The fourth-order valence-electron chi connectivity index (χ4n) is 2.17. The number of para-hydroxylation sites is 1. The second-order valence-electron chi connectivity index (χ2n) is 4.63. The second-order valence-corrected chi connectivity index (χ2v) is 5.79.